The minimum absolute atomic E-state index is 0.197. The molecule has 5 rings (SSSR count). The number of ether oxygens (including phenoxy) is 5. The van der Waals surface area contributed by atoms with Gasteiger partial charge in [-0.3, -0.25) is 0 Å². The fourth-order valence-electron chi connectivity index (χ4n) is 5.34. The summed E-state index contributed by atoms with van der Waals surface area (Å²) in [5.74, 6) is -1.89. The molecule has 0 aromatic heterocycles. The number of esters is 1. The number of aliphatic hydroxyl groups excluding tert-OH is 3. The number of rotatable bonds is 5. The molecular weight excluding hydrogens is 424 g/mol. The van der Waals surface area contributed by atoms with Crippen molar-refractivity contribution >= 4 is 5.97 Å². The van der Waals surface area contributed by atoms with E-state index in [1.165, 1.54) is 0 Å². The maximum atomic E-state index is 12.2. The minimum atomic E-state index is -1.57. The second-order valence-corrected chi connectivity index (χ2v) is 9.31. The van der Waals surface area contributed by atoms with Crippen LogP contribution in [-0.2, 0) is 23.7 Å². The van der Waals surface area contributed by atoms with E-state index in [1.54, 1.807) is 30.3 Å². The van der Waals surface area contributed by atoms with Crippen molar-refractivity contribution in [1.82, 2.24) is 0 Å². The molecule has 0 spiro atoms. The molecule has 9 atom stereocenters. The second kappa shape index (κ2) is 7.71. The Labute approximate surface area is 184 Å². The predicted octanol–water partition coefficient (Wildman–Crippen LogP) is -0.186. The van der Waals surface area contributed by atoms with Gasteiger partial charge in [-0.15, -0.1) is 0 Å². The van der Waals surface area contributed by atoms with Crippen LogP contribution < -0.4 is 0 Å². The van der Waals surface area contributed by atoms with Crippen molar-refractivity contribution in [3.63, 3.8) is 0 Å². The summed E-state index contributed by atoms with van der Waals surface area (Å²) >= 11 is 0. The fraction of sp³-hybridized carbons (Fsp3) is 0.682. The van der Waals surface area contributed by atoms with E-state index in [2.05, 4.69) is 0 Å². The number of hydrogen-bond acceptors (Lipinski definition) is 10. The molecule has 4 N–H and O–H groups in total. The third-order valence-corrected chi connectivity index (χ3v) is 7.13. The van der Waals surface area contributed by atoms with Gasteiger partial charge in [0.2, 0.25) is 0 Å². The van der Waals surface area contributed by atoms with Gasteiger partial charge < -0.3 is 44.1 Å². The second-order valence-electron chi connectivity index (χ2n) is 9.31. The van der Waals surface area contributed by atoms with Crippen LogP contribution >= 0.6 is 0 Å². The normalized spacial score (nSPS) is 47.4. The first kappa shape index (κ1) is 22.2. The molecule has 4 aliphatic rings. The van der Waals surface area contributed by atoms with Crippen LogP contribution in [0.2, 0.25) is 0 Å². The van der Waals surface area contributed by atoms with E-state index in [0.717, 1.165) is 0 Å². The van der Waals surface area contributed by atoms with Crippen LogP contribution in [-0.4, -0.2) is 87.0 Å². The number of aliphatic hydroxyl groups is 4. The first-order chi connectivity index (χ1) is 15.1. The largest absolute Gasteiger partial charge is 0.459 e. The highest BCUT2D eigenvalue weighted by atomic mass is 16.8. The molecule has 3 heterocycles. The summed E-state index contributed by atoms with van der Waals surface area (Å²) in [5, 5.41) is 41.9. The molecule has 3 saturated heterocycles. The molecule has 10 heteroatoms. The van der Waals surface area contributed by atoms with Gasteiger partial charge in [0.05, 0.1) is 5.56 Å². The van der Waals surface area contributed by atoms with Crippen LogP contribution in [0.15, 0.2) is 30.3 Å². The fourth-order valence-corrected chi connectivity index (χ4v) is 5.34. The molecule has 1 aromatic rings. The van der Waals surface area contributed by atoms with E-state index in [1.807, 2.05) is 6.92 Å². The molecule has 4 fully saturated rings. The smallest absolute Gasteiger partial charge is 0.338 e. The van der Waals surface area contributed by atoms with Gasteiger partial charge in [-0.25, -0.2) is 4.79 Å². The third kappa shape index (κ3) is 3.55. The average Bonchev–Trinajstić information content (AvgIpc) is 2.89. The van der Waals surface area contributed by atoms with Gasteiger partial charge in [0.15, 0.2) is 18.4 Å². The van der Waals surface area contributed by atoms with Crippen LogP contribution in [0.5, 0.6) is 0 Å². The highest BCUT2D eigenvalue weighted by molar-refractivity contribution is 5.89. The summed E-state index contributed by atoms with van der Waals surface area (Å²) < 4.78 is 28.8. The Morgan fingerprint density at radius 1 is 1.09 bits per heavy atom. The van der Waals surface area contributed by atoms with Crippen molar-refractivity contribution in [3.8, 4) is 0 Å². The summed E-state index contributed by atoms with van der Waals surface area (Å²) in [6, 6.07) is 8.34. The highest BCUT2D eigenvalue weighted by Crippen LogP contribution is 2.59. The lowest BCUT2D eigenvalue weighted by molar-refractivity contribution is -0.390. The zero-order valence-corrected chi connectivity index (χ0v) is 17.6. The van der Waals surface area contributed by atoms with E-state index >= 15 is 0 Å². The number of carbonyl (C=O) groups is 1. The van der Waals surface area contributed by atoms with Crippen molar-refractivity contribution in [3.05, 3.63) is 35.9 Å². The number of fused-ring (bicyclic) bond motifs is 2. The Kier molecular flexibility index (Phi) is 5.34. The molecule has 32 heavy (non-hydrogen) atoms. The predicted molar refractivity (Wildman–Crippen MR) is 105 cm³/mol. The summed E-state index contributed by atoms with van der Waals surface area (Å²) in [7, 11) is 0. The maximum Gasteiger partial charge on any atom is 0.338 e. The van der Waals surface area contributed by atoms with E-state index in [9.17, 15) is 25.2 Å². The first-order valence-corrected chi connectivity index (χ1v) is 10.8. The molecular formula is C22H28O10. The Balaban J connectivity index is 1.30. The van der Waals surface area contributed by atoms with Gasteiger partial charge in [0, 0.05) is 19.3 Å². The summed E-state index contributed by atoms with van der Waals surface area (Å²) in [5.41, 5.74) is -1.45. The lowest BCUT2D eigenvalue weighted by Gasteiger charge is -2.53. The van der Waals surface area contributed by atoms with Gasteiger partial charge in [-0.05, 0) is 25.5 Å². The molecule has 1 aromatic carbocycles. The van der Waals surface area contributed by atoms with Crippen LogP contribution in [0.3, 0.4) is 0 Å². The molecule has 3 bridgehead atoms. The van der Waals surface area contributed by atoms with Crippen molar-refractivity contribution in [1.29, 1.82) is 0 Å². The number of carbonyl (C=O) groups excluding carboxylic acids is 1. The van der Waals surface area contributed by atoms with Gasteiger partial charge in [-0.1, -0.05) is 18.2 Å². The van der Waals surface area contributed by atoms with Crippen molar-refractivity contribution < 1.29 is 48.9 Å². The molecule has 10 nitrogen and oxygen atoms in total. The van der Waals surface area contributed by atoms with E-state index in [0.29, 0.717) is 24.8 Å². The lowest BCUT2D eigenvalue weighted by Crippen LogP contribution is -2.65. The SMILES string of the molecule is C[C@]12C[C@]3(O)CC[C@@]1(O[C@@H]1O[C@H](COC(=O)c4ccccc4)[C@@H](O)[C@H](O)[C@H]1O)C[C@@H](O3)O2. The Bertz CT molecular complexity index is 866. The van der Waals surface area contributed by atoms with Crippen LogP contribution in [0.25, 0.3) is 0 Å². The third-order valence-electron chi connectivity index (χ3n) is 7.13. The lowest BCUT2D eigenvalue weighted by atomic mass is 9.70. The van der Waals surface area contributed by atoms with Crippen molar-refractivity contribution in [2.75, 3.05) is 6.61 Å². The van der Waals surface area contributed by atoms with E-state index in [-0.39, 0.29) is 13.0 Å². The standard InChI is InChI=1S/C22H28O10/c1-20-11-22(27)8-7-21(20,9-14(30-20)31-22)32-19-17(25)16(24)15(23)13(29-19)10-28-18(26)12-5-3-2-4-6-12/h2-6,13-17,19,23-25,27H,7-11H2,1H3/t13-,14-,15-,16+,17-,19+,20+,21-,22+/m1/s1. The van der Waals surface area contributed by atoms with Crippen LogP contribution in [0.4, 0.5) is 0 Å². The van der Waals surface area contributed by atoms with Crippen molar-refractivity contribution in [2.24, 2.45) is 0 Å². The molecule has 1 saturated carbocycles. The van der Waals surface area contributed by atoms with Gasteiger partial charge in [0.1, 0.15) is 42.2 Å². The van der Waals surface area contributed by atoms with E-state index < -0.39 is 60.0 Å². The monoisotopic (exact) mass is 452 g/mol. The molecule has 0 amide bonds. The molecule has 0 radical (unpaired) electrons. The summed E-state index contributed by atoms with van der Waals surface area (Å²) in [6.07, 6.45) is -6.42. The van der Waals surface area contributed by atoms with Crippen LogP contribution in [0.1, 0.15) is 43.0 Å². The topological polar surface area (TPSA) is 144 Å². The molecule has 176 valence electrons. The van der Waals surface area contributed by atoms with Gasteiger partial charge >= 0.3 is 5.97 Å². The van der Waals surface area contributed by atoms with Crippen LogP contribution in [0, 0.1) is 0 Å². The Hall–Kier alpha value is -1.63. The Morgan fingerprint density at radius 3 is 2.59 bits per heavy atom. The summed E-state index contributed by atoms with van der Waals surface area (Å²) in [4.78, 5) is 12.2. The highest BCUT2D eigenvalue weighted by Gasteiger charge is 2.70. The zero-order chi connectivity index (χ0) is 22.7. The maximum absolute atomic E-state index is 12.2. The first-order valence-electron chi connectivity index (χ1n) is 10.8. The number of benzene rings is 1. The quantitative estimate of drug-likeness (QED) is 0.444. The summed E-state index contributed by atoms with van der Waals surface area (Å²) in [6.45, 7) is 1.48. The number of hydrogen-bond donors (Lipinski definition) is 4. The average molecular weight is 452 g/mol. The zero-order valence-electron chi connectivity index (χ0n) is 17.6. The Morgan fingerprint density at radius 2 is 1.84 bits per heavy atom. The van der Waals surface area contributed by atoms with E-state index in [4.69, 9.17) is 23.7 Å². The molecule has 0 unspecified atom stereocenters. The van der Waals surface area contributed by atoms with Gasteiger partial charge in [0.25, 0.3) is 0 Å². The molecule has 3 aliphatic heterocycles. The molecule has 1 aliphatic carbocycles. The van der Waals surface area contributed by atoms with Crippen molar-refractivity contribution in [2.45, 2.75) is 86.6 Å². The minimum Gasteiger partial charge on any atom is -0.459 e. The van der Waals surface area contributed by atoms with Gasteiger partial charge in [-0.2, -0.15) is 0 Å².